The summed E-state index contributed by atoms with van der Waals surface area (Å²) in [7, 11) is 0. The van der Waals surface area contributed by atoms with E-state index in [9.17, 15) is 26.3 Å². The molecule has 2 N–H and O–H groups in total. The average Bonchev–Trinajstić information content (AvgIpc) is 2.53. The van der Waals surface area contributed by atoms with Gasteiger partial charge in [-0.15, -0.1) is 0 Å². The lowest BCUT2D eigenvalue weighted by Crippen LogP contribution is -2.61. The Morgan fingerprint density at radius 1 is 0.889 bits per heavy atom. The van der Waals surface area contributed by atoms with Crippen molar-refractivity contribution in [1.82, 2.24) is 15.5 Å². The van der Waals surface area contributed by atoms with Crippen LogP contribution in [-0.4, -0.2) is 47.7 Å². The van der Waals surface area contributed by atoms with Gasteiger partial charge in [-0.05, 0) is 13.8 Å². The van der Waals surface area contributed by atoms with Gasteiger partial charge in [0.2, 0.25) is 0 Å². The van der Waals surface area contributed by atoms with E-state index < -0.39 is 42.8 Å². The first-order valence-electron chi connectivity index (χ1n) is 5.31. The number of rotatable bonds is 0. The van der Waals surface area contributed by atoms with E-state index in [1.54, 1.807) is 0 Å². The van der Waals surface area contributed by atoms with E-state index in [2.05, 4.69) is 10.6 Å². The van der Waals surface area contributed by atoms with Gasteiger partial charge in [0, 0.05) is 13.1 Å². The fourth-order valence-electron chi connectivity index (χ4n) is 2.31. The second-order valence-corrected chi connectivity index (χ2v) is 5.26. The van der Waals surface area contributed by atoms with Crippen LogP contribution in [0.4, 0.5) is 26.3 Å². The van der Waals surface area contributed by atoms with Crippen molar-refractivity contribution < 1.29 is 26.3 Å². The summed E-state index contributed by atoms with van der Waals surface area (Å²) >= 11 is 0. The van der Waals surface area contributed by atoms with E-state index in [4.69, 9.17) is 0 Å². The van der Waals surface area contributed by atoms with Crippen LogP contribution in [0.15, 0.2) is 0 Å². The summed E-state index contributed by atoms with van der Waals surface area (Å²) in [5.41, 5.74) is -4.37. The summed E-state index contributed by atoms with van der Waals surface area (Å²) in [6.45, 7) is 0.884. The molecular formula is C9H13F6N3. The molecule has 0 radical (unpaired) electrons. The third-order valence-corrected chi connectivity index (χ3v) is 3.57. The summed E-state index contributed by atoms with van der Waals surface area (Å²) in [4.78, 5) is 1.13. The molecule has 3 nitrogen and oxygen atoms in total. The molecule has 0 aliphatic carbocycles. The van der Waals surface area contributed by atoms with Gasteiger partial charge < -0.3 is 0 Å². The predicted octanol–water partition coefficient (Wildman–Crippen LogP) is 1.42. The van der Waals surface area contributed by atoms with Gasteiger partial charge in [0.1, 0.15) is 17.4 Å². The molecule has 2 atom stereocenters. The van der Waals surface area contributed by atoms with Crippen molar-refractivity contribution in [2.45, 2.75) is 43.6 Å². The first kappa shape index (κ1) is 13.9. The van der Waals surface area contributed by atoms with Crippen LogP contribution in [0.1, 0.15) is 13.8 Å². The van der Waals surface area contributed by atoms with Gasteiger partial charge in [-0.2, -0.15) is 26.3 Å². The standard InChI is InChI=1S/C9H13F6N3/c1-6(8(10,11)12)3-18-4-7(2,9(13,14)15)17-5(18)16-6/h5,16-17H,3-4H2,1-2H3. The molecular weight excluding hydrogens is 264 g/mol. The number of nitrogens with zero attached hydrogens (tertiary/aromatic N) is 1. The minimum atomic E-state index is -4.51. The quantitative estimate of drug-likeness (QED) is 0.656. The molecule has 2 aliphatic rings. The third kappa shape index (κ3) is 1.88. The highest BCUT2D eigenvalue weighted by molar-refractivity contribution is 5.10. The largest absolute Gasteiger partial charge is 0.407 e. The Balaban J connectivity index is 2.14. The van der Waals surface area contributed by atoms with Crippen LogP contribution < -0.4 is 10.6 Å². The molecule has 0 aromatic carbocycles. The number of alkyl halides is 6. The molecule has 0 saturated carbocycles. The number of nitrogens with one attached hydrogen (secondary N) is 2. The lowest BCUT2D eigenvalue weighted by Gasteiger charge is -2.32. The first-order chi connectivity index (χ1) is 7.88. The summed E-state index contributed by atoms with van der Waals surface area (Å²) in [6, 6.07) is 0. The van der Waals surface area contributed by atoms with Crippen LogP contribution in [-0.2, 0) is 0 Å². The van der Waals surface area contributed by atoms with E-state index >= 15 is 0 Å². The second kappa shape index (κ2) is 3.51. The van der Waals surface area contributed by atoms with E-state index in [0.717, 1.165) is 18.7 Å². The predicted molar refractivity (Wildman–Crippen MR) is 50.6 cm³/mol. The number of hydrogen-bond donors (Lipinski definition) is 2. The summed E-state index contributed by atoms with van der Waals surface area (Å²) in [5.74, 6) is 0. The number of fused-ring (bicyclic) bond motifs is 1. The molecule has 2 rings (SSSR count). The first-order valence-corrected chi connectivity index (χ1v) is 5.31. The number of hydrogen-bond acceptors (Lipinski definition) is 3. The third-order valence-electron chi connectivity index (χ3n) is 3.57. The highest BCUT2D eigenvalue weighted by Crippen LogP contribution is 2.41. The van der Waals surface area contributed by atoms with Crippen LogP contribution in [0.3, 0.4) is 0 Å². The van der Waals surface area contributed by atoms with Crippen molar-refractivity contribution in [3.8, 4) is 0 Å². The molecule has 2 heterocycles. The molecule has 0 aromatic heterocycles. The maximum absolute atomic E-state index is 12.7. The van der Waals surface area contributed by atoms with Crippen LogP contribution in [0.25, 0.3) is 0 Å². The van der Waals surface area contributed by atoms with Gasteiger partial charge in [-0.1, -0.05) is 0 Å². The summed E-state index contributed by atoms with van der Waals surface area (Å²) in [5, 5.41) is 4.37. The fraction of sp³-hybridized carbons (Fsp3) is 1.00. The Bertz CT molecular complexity index is 303. The molecule has 0 bridgehead atoms. The van der Waals surface area contributed by atoms with E-state index in [1.807, 2.05) is 0 Å². The Morgan fingerprint density at radius 2 is 1.22 bits per heavy atom. The zero-order valence-electron chi connectivity index (χ0n) is 9.71. The zero-order valence-corrected chi connectivity index (χ0v) is 9.71. The van der Waals surface area contributed by atoms with Gasteiger partial charge in [0.15, 0.2) is 0 Å². The Kier molecular flexibility index (Phi) is 2.71. The molecule has 9 heteroatoms. The molecule has 106 valence electrons. The molecule has 2 saturated heterocycles. The summed E-state index contributed by atoms with van der Waals surface area (Å²) < 4.78 is 76.4. The Hall–Kier alpha value is -0.540. The van der Waals surface area contributed by atoms with Crippen LogP contribution in [0, 0.1) is 0 Å². The molecule has 18 heavy (non-hydrogen) atoms. The van der Waals surface area contributed by atoms with E-state index in [1.165, 1.54) is 0 Å². The molecule has 2 fully saturated rings. The Morgan fingerprint density at radius 3 is 1.44 bits per heavy atom. The topological polar surface area (TPSA) is 27.3 Å². The normalized spacial score (nSPS) is 42.3. The lowest BCUT2D eigenvalue weighted by atomic mass is 10.00. The highest BCUT2D eigenvalue weighted by atomic mass is 19.4. The molecule has 0 spiro atoms. The van der Waals surface area contributed by atoms with Gasteiger partial charge in [-0.3, -0.25) is 15.5 Å². The maximum Gasteiger partial charge on any atom is 0.407 e. The minimum absolute atomic E-state index is 0.500. The van der Waals surface area contributed by atoms with Gasteiger partial charge in [0.05, 0.1) is 0 Å². The highest BCUT2D eigenvalue weighted by Gasteiger charge is 2.65. The van der Waals surface area contributed by atoms with Crippen molar-refractivity contribution in [2.75, 3.05) is 13.1 Å². The van der Waals surface area contributed by atoms with Crippen LogP contribution in [0.5, 0.6) is 0 Å². The zero-order chi connectivity index (χ0) is 14.0. The summed E-state index contributed by atoms with van der Waals surface area (Å²) in [6.07, 6.45) is -10.1. The van der Waals surface area contributed by atoms with Crippen molar-refractivity contribution in [2.24, 2.45) is 0 Å². The maximum atomic E-state index is 12.7. The monoisotopic (exact) mass is 277 g/mol. The lowest BCUT2D eigenvalue weighted by molar-refractivity contribution is -0.196. The van der Waals surface area contributed by atoms with Gasteiger partial charge in [0.25, 0.3) is 0 Å². The molecule has 2 aliphatic heterocycles. The molecule has 0 amide bonds. The van der Waals surface area contributed by atoms with Gasteiger partial charge in [-0.25, -0.2) is 0 Å². The number of halogens is 6. The van der Waals surface area contributed by atoms with Crippen LogP contribution >= 0.6 is 0 Å². The van der Waals surface area contributed by atoms with Crippen molar-refractivity contribution in [1.29, 1.82) is 0 Å². The van der Waals surface area contributed by atoms with E-state index in [0.29, 0.717) is 0 Å². The fourth-order valence-corrected chi connectivity index (χ4v) is 2.31. The van der Waals surface area contributed by atoms with Crippen molar-refractivity contribution >= 4 is 0 Å². The van der Waals surface area contributed by atoms with Crippen LogP contribution in [0.2, 0.25) is 0 Å². The minimum Gasteiger partial charge on any atom is -0.275 e. The molecule has 0 aromatic rings. The van der Waals surface area contributed by atoms with Crippen molar-refractivity contribution in [3.63, 3.8) is 0 Å². The van der Waals surface area contributed by atoms with Crippen molar-refractivity contribution in [3.05, 3.63) is 0 Å². The molecule has 2 unspecified atom stereocenters. The SMILES string of the molecule is CC1(C(F)(F)F)CN2CC(C)(C(F)(F)F)NC2N1. The average molecular weight is 277 g/mol. The smallest absolute Gasteiger partial charge is 0.275 e. The van der Waals surface area contributed by atoms with Gasteiger partial charge >= 0.3 is 12.4 Å². The van der Waals surface area contributed by atoms with E-state index in [-0.39, 0.29) is 0 Å². The second-order valence-electron chi connectivity index (χ2n) is 5.26. The Labute approximate surface area is 99.5 Å².